The topological polar surface area (TPSA) is 92.9 Å². The van der Waals surface area contributed by atoms with Crippen LogP contribution in [-0.4, -0.2) is 35.9 Å². The van der Waals surface area contributed by atoms with Gasteiger partial charge in [0.25, 0.3) is 0 Å². The average molecular weight is 335 g/mol. The van der Waals surface area contributed by atoms with Crippen LogP contribution in [0.25, 0.3) is 16.9 Å². The molecule has 8 nitrogen and oxygen atoms in total. The number of fused-ring (bicyclic) bond motifs is 1. The molecule has 126 valence electrons. The third-order valence-corrected chi connectivity index (χ3v) is 4.06. The van der Waals surface area contributed by atoms with Gasteiger partial charge in [0.15, 0.2) is 5.65 Å². The van der Waals surface area contributed by atoms with Gasteiger partial charge in [-0.05, 0) is 0 Å². The Bertz CT molecular complexity index is 1060. The molecule has 0 bridgehead atoms. The second-order valence-corrected chi connectivity index (χ2v) is 5.67. The molecule has 3 heterocycles. The van der Waals surface area contributed by atoms with Crippen LogP contribution in [0.5, 0.6) is 0 Å². The molecule has 0 aliphatic rings. The Morgan fingerprint density at radius 1 is 1.20 bits per heavy atom. The first-order valence-corrected chi connectivity index (χ1v) is 7.97. The van der Waals surface area contributed by atoms with Gasteiger partial charge < -0.3 is 5.32 Å². The summed E-state index contributed by atoms with van der Waals surface area (Å²) in [4.78, 5) is 16.1. The second-order valence-electron chi connectivity index (χ2n) is 5.67. The van der Waals surface area contributed by atoms with Crippen LogP contribution in [0.4, 0.5) is 5.82 Å². The Labute approximate surface area is 143 Å². The minimum atomic E-state index is -0.209. The summed E-state index contributed by atoms with van der Waals surface area (Å²) in [5, 5.41) is 14.1. The summed E-state index contributed by atoms with van der Waals surface area (Å²) in [5.41, 5.74) is 2.49. The van der Waals surface area contributed by atoms with Gasteiger partial charge in [-0.1, -0.05) is 30.3 Å². The van der Waals surface area contributed by atoms with Crippen molar-refractivity contribution in [2.24, 2.45) is 7.05 Å². The van der Waals surface area contributed by atoms with Crippen molar-refractivity contribution in [1.82, 2.24) is 29.4 Å². The number of H-pyrrole nitrogens is 1. The molecule has 2 N–H and O–H groups in total. The van der Waals surface area contributed by atoms with E-state index in [-0.39, 0.29) is 5.69 Å². The minimum absolute atomic E-state index is 0.209. The zero-order valence-electron chi connectivity index (χ0n) is 13.7. The number of rotatable bonds is 5. The molecule has 0 unspecified atom stereocenters. The number of hydrogen-bond donors (Lipinski definition) is 2. The van der Waals surface area contributed by atoms with Gasteiger partial charge in [-0.15, -0.1) is 0 Å². The van der Waals surface area contributed by atoms with Gasteiger partial charge in [-0.25, -0.2) is 14.9 Å². The summed E-state index contributed by atoms with van der Waals surface area (Å²) < 4.78 is 3.27. The maximum atomic E-state index is 11.4. The number of aromatic amines is 1. The lowest BCUT2D eigenvalue weighted by Gasteiger charge is -2.10. The summed E-state index contributed by atoms with van der Waals surface area (Å²) in [6, 6.07) is 13.9. The highest BCUT2D eigenvalue weighted by Gasteiger charge is 2.09. The van der Waals surface area contributed by atoms with E-state index in [9.17, 15) is 4.79 Å². The molecule has 0 aliphatic carbocycles. The van der Waals surface area contributed by atoms with Crippen molar-refractivity contribution in [1.29, 1.82) is 0 Å². The molecule has 0 amide bonds. The lowest BCUT2D eigenvalue weighted by atomic mass is 10.1. The molecule has 0 spiro atoms. The highest BCUT2D eigenvalue weighted by molar-refractivity contribution is 5.66. The van der Waals surface area contributed by atoms with Crippen LogP contribution in [-0.2, 0) is 13.5 Å². The molecule has 0 saturated heterocycles. The van der Waals surface area contributed by atoms with Gasteiger partial charge in [0.05, 0.1) is 11.9 Å². The predicted molar refractivity (Wildman–Crippen MR) is 94.4 cm³/mol. The zero-order chi connectivity index (χ0) is 17.2. The highest BCUT2D eigenvalue weighted by Crippen LogP contribution is 2.21. The SMILES string of the molecule is Cn1c(CCNc2cc(-c3ccccc3)nc3ccnn23)n[nH]c1=O. The molecule has 8 heteroatoms. The van der Waals surface area contributed by atoms with Crippen molar-refractivity contribution in [3.8, 4) is 11.3 Å². The van der Waals surface area contributed by atoms with E-state index in [1.165, 1.54) is 4.57 Å². The van der Waals surface area contributed by atoms with E-state index in [1.54, 1.807) is 17.8 Å². The van der Waals surface area contributed by atoms with E-state index in [0.29, 0.717) is 18.8 Å². The lowest BCUT2D eigenvalue weighted by Crippen LogP contribution is -2.17. The van der Waals surface area contributed by atoms with Crippen LogP contribution < -0.4 is 11.0 Å². The van der Waals surface area contributed by atoms with Crippen molar-refractivity contribution >= 4 is 11.5 Å². The number of nitrogens with zero attached hydrogens (tertiary/aromatic N) is 5. The quantitative estimate of drug-likeness (QED) is 0.576. The van der Waals surface area contributed by atoms with E-state index >= 15 is 0 Å². The van der Waals surface area contributed by atoms with Gasteiger partial charge in [-0.2, -0.15) is 14.7 Å². The summed E-state index contributed by atoms with van der Waals surface area (Å²) in [5.74, 6) is 1.54. The van der Waals surface area contributed by atoms with Crippen LogP contribution in [0.3, 0.4) is 0 Å². The molecule has 0 aliphatic heterocycles. The largest absolute Gasteiger partial charge is 0.369 e. The molecule has 3 aromatic heterocycles. The predicted octanol–water partition coefficient (Wildman–Crippen LogP) is 1.47. The van der Waals surface area contributed by atoms with Crippen LogP contribution in [0, 0.1) is 0 Å². The number of nitrogens with one attached hydrogen (secondary N) is 2. The Hall–Kier alpha value is -3.42. The molecule has 0 atom stereocenters. The van der Waals surface area contributed by atoms with Crippen molar-refractivity contribution in [2.75, 3.05) is 11.9 Å². The molecule has 0 saturated carbocycles. The third kappa shape index (κ3) is 2.89. The van der Waals surface area contributed by atoms with Crippen LogP contribution in [0.2, 0.25) is 0 Å². The summed E-state index contributed by atoms with van der Waals surface area (Å²) in [6.45, 7) is 0.616. The van der Waals surface area contributed by atoms with Gasteiger partial charge in [0.1, 0.15) is 11.6 Å². The molecule has 4 aromatic rings. The molecule has 25 heavy (non-hydrogen) atoms. The fourth-order valence-electron chi connectivity index (χ4n) is 2.70. The molecular weight excluding hydrogens is 318 g/mol. The first kappa shape index (κ1) is 15.1. The zero-order valence-corrected chi connectivity index (χ0v) is 13.7. The summed E-state index contributed by atoms with van der Waals surface area (Å²) in [6.07, 6.45) is 2.33. The Kier molecular flexibility index (Phi) is 3.77. The van der Waals surface area contributed by atoms with Crippen LogP contribution >= 0.6 is 0 Å². The van der Waals surface area contributed by atoms with Crippen molar-refractivity contribution < 1.29 is 0 Å². The Morgan fingerprint density at radius 3 is 2.80 bits per heavy atom. The minimum Gasteiger partial charge on any atom is -0.369 e. The Balaban J connectivity index is 1.61. The highest BCUT2D eigenvalue weighted by atomic mass is 16.1. The van der Waals surface area contributed by atoms with Crippen molar-refractivity contribution in [2.45, 2.75) is 6.42 Å². The summed E-state index contributed by atoms with van der Waals surface area (Å²) >= 11 is 0. The number of hydrogen-bond acceptors (Lipinski definition) is 5. The molecule has 4 rings (SSSR count). The normalized spacial score (nSPS) is 11.1. The van der Waals surface area contributed by atoms with Crippen molar-refractivity contribution in [3.05, 3.63) is 65.0 Å². The average Bonchev–Trinajstić information content (AvgIpc) is 3.24. The molecule has 0 radical (unpaired) electrons. The molecule has 1 aromatic carbocycles. The summed E-state index contributed by atoms with van der Waals surface area (Å²) in [7, 11) is 1.70. The fourth-order valence-corrected chi connectivity index (χ4v) is 2.70. The maximum absolute atomic E-state index is 11.4. The molecular formula is C17H17N7O. The number of benzene rings is 1. The Morgan fingerprint density at radius 2 is 2.04 bits per heavy atom. The van der Waals surface area contributed by atoms with E-state index in [2.05, 4.69) is 25.6 Å². The van der Waals surface area contributed by atoms with Gasteiger partial charge >= 0.3 is 5.69 Å². The van der Waals surface area contributed by atoms with Gasteiger partial charge in [0, 0.05) is 37.7 Å². The van der Waals surface area contributed by atoms with Gasteiger partial charge in [-0.3, -0.25) is 4.57 Å². The van der Waals surface area contributed by atoms with E-state index in [4.69, 9.17) is 0 Å². The maximum Gasteiger partial charge on any atom is 0.343 e. The second kappa shape index (κ2) is 6.23. The monoisotopic (exact) mass is 335 g/mol. The fraction of sp³-hybridized carbons (Fsp3) is 0.176. The van der Waals surface area contributed by atoms with E-state index < -0.39 is 0 Å². The number of aromatic nitrogens is 6. The van der Waals surface area contributed by atoms with E-state index in [0.717, 1.165) is 22.7 Å². The first-order valence-electron chi connectivity index (χ1n) is 7.97. The smallest absolute Gasteiger partial charge is 0.343 e. The standard InChI is InChI=1S/C17H17N7O/c1-23-15(21-22-17(23)25)7-9-18-16-11-13(12-5-3-2-4-6-12)20-14-8-10-19-24(14)16/h2-6,8,10-11,18H,7,9H2,1H3,(H,22,25). The number of anilines is 1. The van der Waals surface area contributed by atoms with E-state index in [1.807, 2.05) is 42.5 Å². The van der Waals surface area contributed by atoms with Gasteiger partial charge in [0.2, 0.25) is 0 Å². The molecule has 0 fully saturated rings. The van der Waals surface area contributed by atoms with Crippen molar-refractivity contribution in [3.63, 3.8) is 0 Å². The lowest BCUT2D eigenvalue weighted by molar-refractivity contribution is 0.768. The van der Waals surface area contributed by atoms with Crippen LogP contribution in [0.15, 0.2) is 53.5 Å². The third-order valence-electron chi connectivity index (χ3n) is 4.06. The van der Waals surface area contributed by atoms with Crippen LogP contribution in [0.1, 0.15) is 5.82 Å². The first-order chi connectivity index (χ1) is 12.2.